The molecule has 0 radical (unpaired) electrons. The van der Waals surface area contributed by atoms with Crippen LogP contribution in [0.1, 0.15) is 11.3 Å². The molecule has 2 aromatic carbocycles. The molecule has 0 N–H and O–H groups in total. The van der Waals surface area contributed by atoms with E-state index < -0.39 is 0 Å². The maximum absolute atomic E-state index is 13.4. The van der Waals surface area contributed by atoms with Crippen LogP contribution in [0.25, 0.3) is 27.5 Å². The standard InChI is InChI=1S/C23H17BrN4O/c1-15-6-8-17(9-7-15)28-20-10-11-25-13-21(20)27(23(28)29)14-19-22(24)18-5-3-2-4-16(18)12-26-19/h2-13H,14H2,1H3. The topological polar surface area (TPSA) is 52.7 Å². The van der Waals surface area contributed by atoms with Crippen molar-refractivity contribution in [2.75, 3.05) is 0 Å². The van der Waals surface area contributed by atoms with Gasteiger partial charge in [0.05, 0.1) is 35.2 Å². The van der Waals surface area contributed by atoms with E-state index >= 15 is 0 Å². The summed E-state index contributed by atoms with van der Waals surface area (Å²) in [4.78, 5) is 22.3. The minimum Gasteiger partial charge on any atom is -0.284 e. The van der Waals surface area contributed by atoms with Gasteiger partial charge in [-0.3, -0.25) is 19.1 Å². The summed E-state index contributed by atoms with van der Waals surface area (Å²) in [6, 6.07) is 17.9. The molecule has 29 heavy (non-hydrogen) atoms. The van der Waals surface area contributed by atoms with E-state index in [1.165, 1.54) is 0 Å². The van der Waals surface area contributed by atoms with E-state index in [-0.39, 0.29) is 5.69 Å². The monoisotopic (exact) mass is 444 g/mol. The molecular formula is C23H17BrN4O. The van der Waals surface area contributed by atoms with Crippen molar-refractivity contribution in [3.8, 4) is 5.69 Å². The number of imidazole rings is 1. The zero-order valence-electron chi connectivity index (χ0n) is 15.7. The van der Waals surface area contributed by atoms with E-state index in [9.17, 15) is 4.79 Å². The Morgan fingerprint density at radius 1 is 0.966 bits per heavy atom. The van der Waals surface area contributed by atoms with Gasteiger partial charge in [-0.15, -0.1) is 0 Å². The highest BCUT2D eigenvalue weighted by Gasteiger charge is 2.17. The van der Waals surface area contributed by atoms with Gasteiger partial charge < -0.3 is 0 Å². The fourth-order valence-electron chi connectivity index (χ4n) is 3.63. The Hall–Kier alpha value is -3.25. The van der Waals surface area contributed by atoms with Gasteiger partial charge >= 0.3 is 5.69 Å². The van der Waals surface area contributed by atoms with Crippen molar-refractivity contribution in [1.82, 2.24) is 19.1 Å². The fraction of sp³-hybridized carbons (Fsp3) is 0.0870. The van der Waals surface area contributed by atoms with Crippen molar-refractivity contribution in [1.29, 1.82) is 0 Å². The Morgan fingerprint density at radius 3 is 2.59 bits per heavy atom. The van der Waals surface area contributed by atoms with Crippen LogP contribution in [0.3, 0.4) is 0 Å². The highest BCUT2D eigenvalue weighted by atomic mass is 79.9. The molecule has 5 aromatic rings. The second-order valence-corrected chi connectivity index (χ2v) is 7.80. The van der Waals surface area contributed by atoms with Crippen LogP contribution in [0.2, 0.25) is 0 Å². The van der Waals surface area contributed by atoms with Crippen molar-refractivity contribution in [3.63, 3.8) is 0 Å². The molecule has 0 bridgehead atoms. The van der Waals surface area contributed by atoms with E-state index in [0.29, 0.717) is 6.54 Å². The molecule has 0 fully saturated rings. The van der Waals surface area contributed by atoms with Crippen LogP contribution >= 0.6 is 15.9 Å². The normalized spacial score (nSPS) is 11.4. The van der Waals surface area contributed by atoms with Crippen LogP contribution in [0, 0.1) is 6.92 Å². The maximum Gasteiger partial charge on any atom is 0.334 e. The molecule has 5 rings (SSSR count). The zero-order chi connectivity index (χ0) is 20.0. The summed E-state index contributed by atoms with van der Waals surface area (Å²) >= 11 is 3.69. The number of hydrogen-bond donors (Lipinski definition) is 0. The molecule has 0 aliphatic carbocycles. The predicted molar refractivity (Wildman–Crippen MR) is 119 cm³/mol. The van der Waals surface area contributed by atoms with Gasteiger partial charge in [-0.25, -0.2) is 4.79 Å². The SMILES string of the molecule is Cc1ccc(-n2c(=O)n(Cc3ncc4ccccc4c3Br)c3cnccc32)cc1. The van der Waals surface area contributed by atoms with Crippen molar-refractivity contribution in [3.05, 3.63) is 99.4 Å². The minimum atomic E-state index is -0.112. The molecular weight excluding hydrogens is 428 g/mol. The number of aromatic nitrogens is 4. The van der Waals surface area contributed by atoms with Crippen LogP contribution in [-0.4, -0.2) is 19.1 Å². The number of pyridine rings is 2. The lowest BCUT2D eigenvalue weighted by Gasteiger charge is -2.08. The molecule has 0 saturated carbocycles. The molecule has 0 saturated heterocycles. The van der Waals surface area contributed by atoms with Crippen molar-refractivity contribution in [2.45, 2.75) is 13.5 Å². The van der Waals surface area contributed by atoms with Crippen LogP contribution in [-0.2, 0) is 6.54 Å². The average Bonchev–Trinajstić information content (AvgIpc) is 3.02. The van der Waals surface area contributed by atoms with Crippen LogP contribution in [0.4, 0.5) is 0 Å². The quantitative estimate of drug-likeness (QED) is 0.399. The van der Waals surface area contributed by atoms with Crippen LogP contribution in [0.5, 0.6) is 0 Å². The molecule has 0 atom stereocenters. The number of aryl methyl sites for hydroxylation is 1. The van der Waals surface area contributed by atoms with E-state index in [4.69, 9.17) is 0 Å². The molecule has 0 aliphatic heterocycles. The number of rotatable bonds is 3. The summed E-state index contributed by atoms with van der Waals surface area (Å²) in [5.74, 6) is 0. The zero-order valence-corrected chi connectivity index (χ0v) is 17.3. The highest BCUT2D eigenvalue weighted by molar-refractivity contribution is 9.10. The Bertz CT molecular complexity index is 1420. The molecule has 142 valence electrons. The number of fused-ring (bicyclic) bond motifs is 2. The first-order valence-corrected chi connectivity index (χ1v) is 10.1. The molecule has 3 heterocycles. The first kappa shape index (κ1) is 17.8. The summed E-state index contributed by atoms with van der Waals surface area (Å²) in [5, 5.41) is 2.13. The molecule has 5 nitrogen and oxygen atoms in total. The third-order valence-electron chi connectivity index (χ3n) is 5.14. The lowest BCUT2D eigenvalue weighted by atomic mass is 10.1. The lowest BCUT2D eigenvalue weighted by Crippen LogP contribution is -2.24. The minimum absolute atomic E-state index is 0.112. The van der Waals surface area contributed by atoms with Gasteiger partial charge in [0.25, 0.3) is 0 Å². The second kappa shape index (κ2) is 6.97. The van der Waals surface area contributed by atoms with Gasteiger partial charge in [0, 0.05) is 22.3 Å². The molecule has 0 unspecified atom stereocenters. The Morgan fingerprint density at radius 2 is 1.76 bits per heavy atom. The predicted octanol–water partition coefficient (Wildman–Crippen LogP) is 4.85. The summed E-state index contributed by atoms with van der Waals surface area (Å²) in [6.45, 7) is 2.38. The first-order valence-electron chi connectivity index (χ1n) is 9.28. The van der Waals surface area contributed by atoms with Gasteiger partial charge in [0.2, 0.25) is 0 Å². The second-order valence-electron chi connectivity index (χ2n) is 7.01. The van der Waals surface area contributed by atoms with E-state index in [1.54, 1.807) is 21.5 Å². The number of benzene rings is 2. The van der Waals surface area contributed by atoms with Gasteiger partial charge in [-0.05, 0) is 46.4 Å². The molecule has 0 spiro atoms. The highest BCUT2D eigenvalue weighted by Crippen LogP contribution is 2.27. The van der Waals surface area contributed by atoms with E-state index in [0.717, 1.165) is 43.2 Å². The van der Waals surface area contributed by atoms with Gasteiger partial charge in [-0.2, -0.15) is 0 Å². The average molecular weight is 445 g/mol. The Kier molecular flexibility index (Phi) is 4.28. The van der Waals surface area contributed by atoms with Gasteiger partial charge in [-0.1, -0.05) is 42.0 Å². The third-order valence-corrected chi connectivity index (χ3v) is 6.03. The molecule has 0 amide bonds. The largest absolute Gasteiger partial charge is 0.334 e. The summed E-state index contributed by atoms with van der Waals surface area (Å²) < 4.78 is 4.36. The molecule has 0 aliphatic rings. The van der Waals surface area contributed by atoms with Crippen molar-refractivity contribution < 1.29 is 0 Å². The lowest BCUT2D eigenvalue weighted by molar-refractivity contribution is 0.743. The van der Waals surface area contributed by atoms with Gasteiger partial charge in [0.1, 0.15) is 0 Å². The Balaban J connectivity index is 1.71. The summed E-state index contributed by atoms with van der Waals surface area (Å²) in [5.41, 5.74) is 4.28. The molecule has 3 aromatic heterocycles. The number of halogens is 1. The van der Waals surface area contributed by atoms with Crippen LogP contribution < -0.4 is 5.69 Å². The van der Waals surface area contributed by atoms with E-state index in [2.05, 4.69) is 25.9 Å². The summed E-state index contributed by atoms with van der Waals surface area (Å²) in [7, 11) is 0. The van der Waals surface area contributed by atoms with Gasteiger partial charge in [0.15, 0.2) is 0 Å². The molecule has 6 heteroatoms. The fourth-order valence-corrected chi connectivity index (χ4v) is 4.22. The van der Waals surface area contributed by atoms with Crippen molar-refractivity contribution >= 4 is 37.7 Å². The summed E-state index contributed by atoms with van der Waals surface area (Å²) in [6.07, 6.45) is 5.29. The number of nitrogens with zero attached hydrogens (tertiary/aromatic N) is 4. The Labute approximate surface area is 175 Å². The van der Waals surface area contributed by atoms with Crippen molar-refractivity contribution in [2.24, 2.45) is 0 Å². The number of hydrogen-bond acceptors (Lipinski definition) is 3. The smallest absolute Gasteiger partial charge is 0.284 e. The third kappa shape index (κ3) is 2.96. The first-order chi connectivity index (χ1) is 14.1. The van der Waals surface area contributed by atoms with Crippen LogP contribution in [0.15, 0.2) is 82.5 Å². The van der Waals surface area contributed by atoms with E-state index in [1.807, 2.05) is 67.7 Å². The maximum atomic E-state index is 13.4.